The molecule has 4 rings (SSSR count). The van der Waals surface area contributed by atoms with E-state index in [0.717, 1.165) is 12.0 Å². The molecule has 1 heterocycles. The number of esters is 1. The number of hydrogen-bond acceptors (Lipinski definition) is 4. The molecule has 4 nitrogen and oxygen atoms in total. The van der Waals surface area contributed by atoms with E-state index in [9.17, 15) is 9.59 Å². The third-order valence-electron chi connectivity index (χ3n) is 4.70. The molecule has 1 unspecified atom stereocenters. The highest BCUT2D eigenvalue weighted by Gasteiger charge is 2.27. The smallest absolute Gasteiger partial charge is 0.337 e. The van der Waals surface area contributed by atoms with E-state index in [-0.39, 0.29) is 11.2 Å². The van der Waals surface area contributed by atoms with Crippen molar-refractivity contribution in [2.75, 3.05) is 12.4 Å². The molecule has 0 saturated carbocycles. The summed E-state index contributed by atoms with van der Waals surface area (Å²) in [6.07, 6.45) is 0.739. The molecular formula is C25H19NO3S. The van der Waals surface area contributed by atoms with Crippen LogP contribution in [0.25, 0.3) is 0 Å². The van der Waals surface area contributed by atoms with Crippen LogP contribution in [0.1, 0.15) is 27.0 Å². The van der Waals surface area contributed by atoms with E-state index in [0.29, 0.717) is 16.8 Å². The number of carbonyl (C=O) groups is 2. The van der Waals surface area contributed by atoms with E-state index < -0.39 is 5.97 Å². The lowest BCUT2D eigenvalue weighted by Crippen LogP contribution is -2.24. The summed E-state index contributed by atoms with van der Waals surface area (Å²) in [4.78, 5) is 25.5. The first-order valence-electron chi connectivity index (χ1n) is 9.48. The number of fused-ring (bicyclic) bond motifs is 1. The molecule has 3 aromatic carbocycles. The van der Waals surface area contributed by atoms with Crippen LogP contribution in [0.5, 0.6) is 0 Å². The summed E-state index contributed by atoms with van der Waals surface area (Å²) in [7, 11) is 1.35. The normalized spacial score (nSPS) is 14.2. The van der Waals surface area contributed by atoms with Crippen LogP contribution < -0.4 is 5.32 Å². The van der Waals surface area contributed by atoms with Crippen molar-refractivity contribution in [1.82, 2.24) is 0 Å². The predicted octanol–water partition coefficient (Wildman–Crippen LogP) is 4.53. The minimum Gasteiger partial charge on any atom is -0.465 e. The quantitative estimate of drug-likeness (QED) is 0.506. The number of methoxy groups -OCH3 is 1. The van der Waals surface area contributed by atoms with Gasteiger partial charge in [-0.15, -0.1) is 11.8 Å². The Kier molecular flexibility index (Phi) is 5.87. The zero-order chi connectivity index (χ0) is 20.9. The Balaban J connectivity index is 1.45. The summed E-state index contributed by atoms with van der Waals surface area (Å²) in [5, 5.41) is 2.87. The van der Waals surface area contributed by atoms with Crippen molar-refractivity contribution in [1.29, 1.82) is 0 Å². The third-order valence-corrected chi connectivity index (χ3v) is 6.02. The molecule has 0 fully saturated rings. The maximum Gasteiger partial charge on any atom is 0.337 e. The van der Waals surface area contributed by atoms with E-state index in [1.54, 1.807) is 30.0 Å². The summed E-state index contributed by atoms with van der Waals surface area (Å²) >= 11 is 1.60. The zero-order valence-electron chi connectivity index (χ0n) is 16.3. The van der Waals surface area contributed by atoms with Crippen LogP contribution in [0.2, 0.25) is 0 Å². The molecule has 0 saturated heterocycles. The second kappa shape index (κ2) is 8.89. The average molecular weight is 413 g/mol. The standard InChI is InChI=1S/C25H19NO3S/c1-29-25(28)20-9-4-6-17(14-20)12-13-18-7-5-10-21(15-18)26-24(27)23-16-19-8-2-3-11-22(19)30-23/h2-11,14-15,23H,16H2,1H3,(H,26,27). The SMILES string of the molecule is COC(=O)c1cccc(C#Cc2cccc(NC(=O)C3Cc4ccccc4S3)c2)c1. The molecule has 148 valence electrons. The molecule has 3 aromatic rings. The van der Waals surface area contributed by atoms with Gasteiger partial charge >= 0.3 is 5.97 Å². The number of nitrogens with one attached hydrogen (secondary N) is 1. The average Bonchev–Trinajstić information content (AvgIpc) is 3.22. The van der Waals surface area contributed by atoms with Crippen LogP contribution in [0.3, 0.4) is 0 Å². The number of hydrogen-bond donors (Lipinski definition) is 1. The molecule has 5 heteroatoms. The Morgan fingerprint density at radius 3 is 2.47 bits per heavy atom. The van der Waals surface area contributed by atoms with Gasteiger partial charge in [0.25, 0.3) is 0 Å². The molecule has 1 aliphatic heterocycles. The van der Waals surface area contributed by atoms with Gasteiger partial charge in [-0.25, -0.2) is 4.79 Å². The van der Waals surface area contributed by atoms with Gasteiger partial charge in [0.05, 0.1) is 17.9 Å². The van der Waals surface area contributed by atoms with E-state index in [1.807, 2.05) is 42.5 Å². The second-order valence-electron chi connectivity index (χ2n) is 6.81. The lowest BCUT2D eigenvalue weighted by atomic mass is 10.1. The van der Waals surface area contributed by atoms with E-state index in [1.165, 1.54) is 17.6 Å². The molecule has 1 N–H and O–H groups in total. The van der Waals surface area contributed by atoms with Gasteiger partial charge in [-0.1, -0.05) is 42.2 Å². The summed E-state index contributed by atoms with van der Waals surface area (Å²) < 4.78 is 4.74. The van der Waals surface area contributed by atoms with Crippen LogP contribution in [0.15, 0.2) is 77.7 Å². The fraction of sp³-hybridized carbons (Fsp3) is 0.120. The van der Waals surface area contributed by atoms with Crippen molar-refractivity contribution >= 4 is 29.3 Å². The number of ether oxygens (including phenoxy) is 1. The monoisotopic (exact) mass is 413 g/mol. The Morgan fingerprint density at radius 2 is 1.70 bits per heavy atom. The third kappa shape index (κ3) is 4.56. The zero-order valence-corrected chi connectivity index (χ0v) is 17.2. The number of anilines is 1. The first-order valence-corrected chi connectivity index (χ1v) is 10.4. The van der Waals surface area contributed by atoms with Gasteiger partial charge in [0.2, 0.25) is 5.91 Å². The highest BCUT2D eigenvalue weighted by molar-refractivity contribution is 8.01. The summed E-state index contributed by atoms with van der Waals surface area (Å²) in [5.74, 6) is 5.74. The molecule has 0 aliphatic carbocycles. The van der Waals surface area contributed by atoms with Gasteiger partial charge in [-0.3, -0.25) is 4.79 Å². The molecule has 0 bridgehead atoms. The van der Waals surface area contributed by atoms with Crippen LogP contribution >= 0.6 is 11.8 Å². The second-order valence-corrected chi connectivity index (χ2v) is 8.06. The van der Waals surface area contributed by atoms with Gasteiger partial charge in [0.1, 0.15) is 0 Å². The minimum absolute atomic E-state index is 0.00733. The fourth-order valence-corrected chi connectivity index (χ4v) is 4.41. The van der Waals surface area contributed by atoms with Crippen molar-refractivity contribution in [2.24, 2.45) is 0 Å². The van der Waals surface area contributed by atoms with Crippen molar-refractivity contribution < 1.29 is 14.3 Å². The molecule has 0 aromatic heterocycles. The number of carbonyl (C=O) groups excluding carboxylic acids is 2. The Hall–Kier alpha value is -3.49. The van der Waals surface area contributed by atoms with Crippen LogP contribution in [0, 0.1) is 11.8 Å². The van der Waals surface area contributed by atoms with Crippen LogP contribution in [-0.4, -0.2) is 24.2 Å². The number of thioether (sulfide) groups is 1. The minimum atomic E-state index is -0.393. The fourth-order valence-electron chi connectivity index (χ4n) is 3.21. The Bertz CT molecular complexity index is 1150. The van der Waals surface area contributed by atoms with Crippen molar-refractivity contribution in [3.05, 3.63) is 95.1 Å². The number of benzene rings is 3. The molecule has 0 spiro atoms. The lowest BCUT2D eigenvalue weighted by molar-refractivity contribution is -0.115. The van der Waals surface area contributed by atoms with Crippen molar-refractivity contribution in [3.8, 4) is 11.8 Å². The van der Waals surface area contributed by atoms with Gasteiger partial charge < -0.3 is 10.1 Å². The van der Waals surface area contributed by atoms with Crippen LogP contribution in [0.4, 0.5) is 5.69 Å². The van der Waals surface area contributed by atoms with Crippen molar-refractivity contribution in [2.45, 2.75) is 16.6 Å². The first kappa shape index (κ1) is 19.8. The number of rotatable bonds is 3. The molecule has 1 atom stereocenters. The summed E-state index contributed by atoms with van der Waals surface area (Å²) in [5.41, 5.74) is 3.88. The predicted molar refractivity (Wildman–Crippen MR) is 119 cm³/mol. The molecule has 30 heavy (non-hydrogen) atoms. The summed E-state index contributed by atoms with van der Waals surface area (Å²) in [6.45, 7) is 0. The largest absolute Gasteiger partial charge is 0.465 e. The first-order chi connectivity index (χ1) is 14.6. The highest BCUT2D eigenvalue weighted by Crippen LogP contribution is 2.37. The topological polar surface area (TPSA) is 55.4 Å². The van der Waals surface area contributed by atoms with Gasteiger partial charge in [0.15, 0.2) is 0 Å². The Labute approximate surface area is 179 Å². The van der Waals surface area contributed by atoms with Crippen molar-refractivity contribution in [3.63, 3.8) is 0 Å². The molecule has 1 aliphatic rings. The molecule has 0 radical (unpaired) electrons. The molecule has 1 amide bonds. The van der Waals surface area contributed by atoms with Crippen LogP contribution in [-0.2, 0) is 16.0 Å². The van der Waals surface area contributed by atoms with E-state index in [4.69, 9.17) is 4.74 Å². The van der Waals surface area contributed by atoms with E-state index >= 15 is 0 Å². The number of amides is 1. The lowest BCUT2D eigenvalue weighted by Gasteiger charge is -2.10. The van der Waals surface area contributed by atoms with E-state index in [2.05, 4.69) is 29.3 Å². The maximum absolute atomic E-state index is 12.7. The Morgan fingerprint density at radius 1 is 0.967 bits per heavy atom. The molecular weight excluding hydrogens is 394 g/mol. The maximum atomic E-state index is 12.7. The summed E-state index contributed by atoms with van der Waals surface area (Å²) in [6, 6.07) is 22.6. The van der Waals surface area contributed by atoms with Gasteiger partial charge in [-0.05, 0) is 54.4 Å². The van der Waals surface area contributed by atoms with Gasteiger partial charge in [-0.2, -0.15) is 0 Å². The van der Waals surface area contributed by atoms with Gasteiger partial charge in [0, 0.05) is 21.7 Å². The highest BCUT2D eigenvalue weighted by atomic mass is 32.2.